The van der Waals surface area contributed by atoms with Gasteiger partial charge in [-0.3, -0.25) is 0 Å². The molecule has 0 atom stereocenters. The van der Waals surface area contributed by atoms with E-state index in [0.717, 1.165) is 5.92 Å². The summed E-state index contributed by atoms with van der Waals surface area (Å²) in [5.74, 6) is 1.03. The Labute approximate surface area is 82.7 Å². The van der Waals surface area contributed by atoms with Crippen molar-refractivity contribution in [1.29, 1.82) is 0 Å². The van der Waals surface area contributed by atoms with Gasteiger partial charge in [0.2, 0.25) is 0 Å². The molecule has 1 aliphatic heterocycles. The van der Waals surface area contributed by atoms with Crippen molar-refractivity contribution in [2.24, 2.45) is 5.92 Å². The Balaban J connectivity index is 1.92. The average Bonchev–Trinajstić information content (AvgIpc) is 2.14. The Morgan fingerprint density at radius 3 is 2.46 bits per heavy atom. The molecule has 0 bridgehead atoms. The normalized spacial score (nSPS) is 19.6. The summed E-state index contributed by atoms with van der Waals surface area (Å²) in [4.78, 5) is 1.59. The number of hydrogen-bond donors (Lipinski definition) is 2. The molecule has 2 nitrogen and oxygen atoms in total. The monoisotopic (exact) mass is 185 g/mol. The van der Waals surface area contributed by atoms with E-state index in [9.17, 15) is 0 Å². The number of hydrogen-bond acceptors (Lipinski definition) is 1. The summed E-state index contributed by atoms with van der Waals surface area (Å²) in [6, 6.07) is 0. The molecule has 0 unspecified atom stereocenters. The summed E-state index contributed by atoms with van der Waals surface area (Å²) in [5, 5.41) is 3.42. The van der Waals surface area contributed by atoms with Crippen LogP contribution in [0.25, 0.3) is 0 Å². The van der Waals surface area contributed by atoms with Crippen molar-refractivity contribution >= 4 is 0 Å². The molecular weight excluding hydrogens is 160 g/mol. The van der Waals surface area contributed by atoms with Crippen molar-refractivity contribution in [1.82, 2.24) is 5.32 Å². The van der Waals surface area contributed by atoms with Gasteiger partial charge in [-0.05, 0) is 44.7 Å². The fourth-order valence-corrected chi connectivity index (χ4v) is 2.08. The predicted octanol–water partition coefficient (Wildman–Crippen LogP) is 0.301. The van der Waals surface area contributed by atoms with E-state index in [1.165, 1.54) is 51.7 Å². The highest BCUT2D eigenvalue weighted by atomic mass is 15.0. The fourth-order valence-electron chi connectivity index (χ4n) is 2.08. The fraction of sp³-hybridized carbons (Fsp3) is 1.00. The van der Waals surface area contributed by atoms with Gasteiger partial charge < -0.3 is 10.2 Å². The first-order chi connectivity index (χ1) is 6.29. The molecule has 0 spiro atoms. The summed E-state index contributed by atoms with van der Waals surface area (Å²) in [7, 11) is 4.48. The molecule has 13 heavy (non-hydrogen) atoms. The van der Waals surface area contributed by atoms with Crippen molar-refractivity contribution in [2.45, 2.75) is 32.1 Å². The summed E-state index contributed by atoms with van der Waals surface area (Å²) in [6.45, 7) is 3.85. The van der Waals surface area contributed by atoms with Crippen LogP contribution in [0.5, 0.6) is 0 Å². The summed E-state index contributed by atoms with van der Waals surface area (Å²) < 4.78 is 0. The van der Waals surface area contributed by atoms with E-state index in [0.29, 0.717) is 0 Å². The molecule has 1 aliphatic rings. The molecule has 0 radical (unpaired) electrons. The molecule has 0 saturated carbocycles. The van der Waals surface area contributed by atoms with Crippen LogP contribution in [0.2, 0.25) is 0 Å². The highest BCUT2D eigenvalue weighted by Crippen LogP contribution is 2.17. The first kappa shape index (κ1) is 11.0. The molecule has 1 fully saturated rings. The van der Waals surface area contributed by atoms with Gasteiger partial charge in [-0.25, -0.2) is 0 Å². The second kappa shape index (κ2) is 6.39. The van der Waals surface area contributed by atoms with Crippen LogP contribution in [-0.4, -0.2) is 33.7 Å². The van der Waals surface area contributed by atoms with E-state index >= 15 is 0 Å². The van der Waals surface area contributed by atoms with E-state index in [1.807, 2.05) is 0 Å². The van der Waals surface area contributed by atoms with Crippen LogP contribution in [-0.2, 0) is 0 Å². The van der Waals surface area contributed by atoms with E-state index in [4.69, 9.17) is 0 Å². The Hall–Kier alpha value is -0.0800. The summed E-state index contributed by atoms with van der Waals surface area (Å²) in [6.07, 6.45) is 7.14. The lowest BCUT2D eigenvalue weighted by atomic mass is 9.92. The van der Waals surface area contributed by atoms with E-state index in [2.05, 4.69) is 19.4 Å². The van der Waals surface area contributed by atoms with Gasteiger partial charge in [0, 0.05) is 0 Å². The van der Waals surface area contributed by atoms with Gasteiger partial charge in [-0.15, -0.1) is 0 Å². The zero-order valence-electron chi connectivity index (χ0n) is 9.23. The Kier molecular flexibility index (Phi) is 5.40. The quantitative estimate of drug-likeness (QED) is 0.589. The van der Waals surface area contributed by atoms with Crippen LogP contribution in [0, 0.1) is 5.92 Å². The molecule has 2 heteroatoms. The largest absolute Gasteiger partial charge is 0.340 e. The third kappa shape index (κ3) is 5.27. The van der Waals surface area contributed by atoms with Gasteiger partial charge in [0.15, 0.2) is 0 Å². The Morgan fingerprint density at radius 1 is 1.15 bits per heavy atom. The van der Waals surface area contributed by atoms with Gasteiger partial charge in [-0.1, -0.05) is 6.42 Å². The molecule has 2 N–H and O–H groups in total. The van der Waals surface area contributed by atoms with Crippen LogP contribution in [0.1, 0.15) is 32.1 Å². The molecule has 0 aliphatic carbocycles. The zero-order chi connectivity index (χ0) is 9.52. The van der Waals surface area contributed by atoms with Gasteiger partial charge in [0.1, 0.15) is 0 Å². The van der Waals surface area contributed by atoms with Crippen LogP contribution >= 0.6 is 0 Å². The molecule has 1 heterocycles. The molecule has 78 valence electrons. The minimum atomic E-state index is 1.03. The smallest absolute Gasteiger partial charge is 0.0766 e. The average molecular weight is 185 g/mol. The minimum absolute atomic E-state index is 1.03. The highest BCUT2D eigenvalue weighted by molar-refractivity contribution is 4.68. The van der Waals surface area contributed by atoms with Crippen molar-refractivity contribution < 1.29 is 4.90 Å². The summed E-state index contributed by atoms with van der Waals surface area (Å²) in [5.41, 5.74) is 0. The lowest BCUT2D eigenvalue weighted by Crippen LogP contribution is -3.05. The molecular formula is C11H25N2+. The predicted molar refractivity (Wildman–Crippen MR) is 57.1 cm³/mol. The second-order valence-electron chi connectivity index (χ2n) is 4.65. The molecule has 0 aromatic heterocycles. The standard InChI is InChI=1S/C11H24N2/c1-13(2)10-4-3-5-11-6-8-12-9-7-11/h11-12H,3-10H2,1-2H3/p+1. The number of nitrogens with one attached hydrogen (secondary N) is 2. The Bertz CT molecular complexity index is 117. The lowest BCUT2D eigenvalue weighted by molar-refractivity contribution is -0.858. The van der Waals surface area contributed by atoms with Crippen molar-refractivity contribution in [2.75, 3.05) is 33.7 Å². The topological polar surface area (TPSA) is 16.5 Å². The number of rotatable bonds is 5. The highest BCUT2D eigenvalue weighted by Gasteiger charge is 2.11. The van der Waals surface area contributed by atoms with Crippen LogP contribution in [0.4, 0.5) is 0 Å². The lowest BCUT2D eigenvalue weighted by Gasteiger charge is -2.22. The van der Waals surface area contributed by atoms with Crippen molar-refractivity contribution in [3.05, 3.63) is 0 Å². The minimum Gasteiger partial charge on any atom is -0.340 e. The van der Waals surface area contributed by atoms with Crippen LogP contribution < -0.4 is 10.2 Å². The number of quaternary nitrogens is 1. The van der Waals surface area contributed by atoms with E-state index in [-0.39, 0.29) is 0 Å². The maximum Gasteiger partial charge on any atom is 0.0766 e. The summed E-state index contributed by atoms with van der Waals surface area (Å²) >= 11 is 0. The first-order valence-electron chi connectivity index (χ1n) is 5.79. The molecule has 1 rings (SSSR count). The number of piperidine rings is 1. The van der Waals surface area contributed by atoms with Crippen molar-refractivity contribution in [3.8, 4) is 0 Å². The molecule has 0 amide bonds. The maximum absolute atomic E-state index is 3.42. The second-order valence-corrected chi connectivity index (χ2v) is 4.65. The van der Waals surface area contributed by atoms with E-state index in [1.54, 1.807) is 4.90 Å². The van der Waals surface area contributed by atoms with Gasteiger partial charge >= 0.3 is 0 Å². The van der Waals surface area contributed by atoms with Crippen molar-refractivity contribution in [3.63, 3.8) is 0 Å². The third-order valence-corrected chi connectivity index (χ3v) is 3.00. The van der Waals surface area contributed by atoms with E-state index < -0.39 is 0 Å². The zero-order valence-corrected chi connectivity index (χ0v) is 9.23. The number of unbranched alkanes of at least 4 members (excludes halogenated alkanes) is 1. The first-order valence-corrected chi connectivity index (χ1v) is 5.79. The maximum atomic E-state index is 3.42. The van der Waals surface area contributed by atoms with Gasteiger partial charge in [-0.2, -0.15) is 0 Å². The third-order valence-electron chi connectivity index (χ3n) is 3.00. The van der Waals surface area contributed by atoms with Crippen LogP contribution in [0.3, 0.4) is 0 Å². The molecule has 1 saturated heterocycles. The van der Waals surface area contributed by atoms with Crippen LogP contribution in [0.15, 0.2) is 0 Å². The van der Waals surface area contributed by atoms with Gasteiger partial charge in [0.05, 0.1) is 20.6 Å². The molecule has 0 aromatic rings. The SMILES string of the molecule is C[NH+](C)CCCCC1CCNCC1. The van der Waals surface area contributed by atoms with Gasteiger partial charge in [0.25, 0.3) is 0 Å². The Morgan fingerprint density at radius 2 is 1.85 bits per heavy atom. The molecule has 0 aromatic carbocycles.